The quantitative estimate of drug-likeness (QED) is 0.280. The molecule has 0 fully saturated rings. The molecule has 2 aromatic heterocycles. The van der Waals surface area contributed by atoms with Crippen LogP contribution in [0.4, 0.5) is 0 Å². The fourth-order valence-corrected chi connectivity index (χ4v) is 7.31. The van der Waals surface area contributed by atoms with E-state index in [1.165, 1.54) is 11.3 Å². The first-order valence-electron chi connectivity index (χ1n) is 7.96. The predicted octanol–water partition coefficient (Wildman–Crippen LogP) is 4.17. The molecule has 0 spiro atoms. The van der Waals surface area contributed by atoms with Gasteiger partial charge < -0.3 is 9.47 Å². The molecule has 6 nitrogen and oxygen atoms in total. The van der Waals surface area contributed by atoms with Crippen LogP contribution in [0.3, 0.4) is 0 Å². The summed E-state index contributed by atoms with van der Waals surface area (Å²) < 4.78 is 13.4. The average Bonchev–Trinajstić information content (AvgIpc) is 3.26. The van der Waals surface area contributed by atoms with Crippen molar-refractivity contribution in [3.8, 4) is 0 Å². The Hall–Kier alpha value is -0.260. The second kappa shape index (κ2) is 12.2. The number of nitrogens with zero attached hydrogens (tertiary/aromatic N) is 4. The van der Waals surface area contributed by atoms with E-state index >= 15 is 0 Å². The third kappa shape index (κ3) is 7.32. The highest BCUT2D eigenvalue weighted by Gasteiger charge is 2.32. The third-order valence-electron chi connectivity index (χ3n) is 2.86. The second-order valence-corrected chi connectivity index (χ2v) is 10.9. The molecule has 0 radical (unpaired) electrons. The van der Waals surface area contributed by atoms with Gasteiger partial charge in [0.05, 0.1) is 6.61 Å². The molecule has 0 bridgehead atoms. The van der Waals surface area contributed by atoms with Crippen molar-refractivity contribution in [1.29, 1.82) is 0 Å². The van der Waals surface area contributed by atoms with Gasteiger partial charge in [-0.3, -0.25) is 0 Å². The number of unbranched alkanes of at least 4 members (excludes halogenated alkanes) is 2. The molecule has 0 aromatic carbocycles. The fourth-order valence-electron chi connectivity index (χ4n) is 1.57. The van der Waals surface area contributed by atoms with E-state index in [0.29, 0.717) is 12.5 Å². The van der Waals surface area contributed by atoms with E-state index in [4.69, 9.17) is 9.47 Å². The Kier molecular flexibility index (Phi) is 10.2. The molecule has 24 heavy (non-hydrogen) atoms. The van der Waals surface area contributed by atoms with Crippen LogP contribution in [0, 0.1) is 0 Å². The Morgan fingerprint density at radius 2 is 1.88 bits per heavy atom. The Bertz CT molecular complexity index is 553. The molecule has 0 saturated carbocycles. The van der Waals surface area contributed by atoms with Crippen LogP contribution in [0.2, 0.25) is 0 Å². The molecule has 1 unspecified atom stereocenters. The first-order valence-corrected chi connectivity index (χ1v) is 12.4. The van der Waals surface area contributed by atoms with Gasteiger partial charge in [-0.05, 0) is 24.2 Å². The SMILES string of the molecule is CCCCOCc1nnc([S+](COCCCC)Sc2nncs2)s1. The van der Waals surface area contributed by atoms with Crippen molar-refractivity contribution < 1.29 is 9.47 Å². The van der Waals surface area contributed by atoms with Crippen molar-refractivity contribution in [2.75, 3.05) is 19.2 Å². The number of ether oxygens (including phenoxy) is 2. The molecule has 0 saturated heterocycles. The number of rotatable bonds is 13. The summed E-state index contributed by atoms with van der Waals surface area (Å²) in [7, 11) is 1.45. The molecule has 0 N–H and O–H groups in total. The highest BCUT2D eigenvalue weighted by molar-refractivity contribution is 8.74. The monoisotopic (exact) mass is 407 g/mol. The normalized spacial score (nSPS) is 12.6. The molecule has 2 aromatic rings. The smallest absolute Gasteiger partial charge is 0.339 e. The molecule has 2 heterocycles. The Labute approximate surface area is 157 Å². The van der Waals surface area contributed by atoms with E-state index in [1.54, 1.807) is 27.6 Å². The van der Waals surface area contributed by atoms with Gasteiger partial charge in [-0.25, -0.2) is 0 Å². The van der Waals surface area contributed by atoms with E-state index in [0.717, 1.165) is 52.6 Å². The molecule has 1 atom stereocenters. The maximum Gasteiger partial charge on any atom is 0.339 e. The zero-order valence-corrected chi connectivity index (χ0v) is 17.2. The summed E-state index contributed by atoms with van der Waals surface area (Å²) in [5.74, 6) is 0.634. The molecular formula is C14H23N4O2S4+. The van der Waals surface area contributed by atoms with Crippen LogP contribution in [0.15, 0.2) is 14.2 Å². The van der Waals surface area contributed by atoms with E-state index < -0.39 is 0 Å². The summed E-state index contributed by atoms with van der Waals surface area (Å²) in [5, 5.41) is 17.5. The van der Waals surface area contributed by atoms with Crippen molar-refractivity contribution in [3.05, 3.63) is 10.5 Å². The van der Waals surface area contributed by atoms with Crippen molar-refractivity contribution in [2.45, 2.75) is 54.8 Å². The Morgan fingerprint density at radius 3 is 2.58 bits per heavy atom. The van der Waals surface area contributed by atoms with Crippen LogP contribution in [-0.2, 0) is 26.0 Å². The molecule has 2 rings (SSSR count). The van der Waals surface area contributed by atoms with Crippen LogP contribution < -0.4 is 0 Å². The standard InChI is InChI=1S/C14H23N4O2S4/c1-3-5-7-19-9-12-16-18-14(22-12)24(11-20-8-6-4-2)23-13-17-15-10-21-13/h10H,3-9,11H2,1-2H3/q+1. The van der Waals surface area contributed by atoms with Gasteiger partial charge in [0.2, 0.25) is 10.3 Å². The lowest BCUT2D eigenvalue weighted by molar-refractivity contribution is 0.117. The maximum absolute atomic E-state index is 5.82. The predicted molar refractivity (Wildman–Crippen MR) is 102 cm³/mol. The minimum Gasteiger partial charge on any atom is -0.374 e. The third-order valence-corrected chi connectivity index (χ3v) is 9.17. The van der Waals surface area contributed by atoms with Crippen molar-refractivity contribution in [1.82, 2.24) is 20.4 Å². The zero-order valence-electron chi connectivity index (χ0n) is 14.0. The van der Waals surface area contributed by atoms with Crippen LogP contribution in [0.25, 0.3) is 0 Å². The van der Waals surface area contributed by atoms with Crippen LogP contribution in [-0.4, -0.2) is 39.5 Å². The van der Waals surface area contributed by atoms with Gasteiger partial charge in [0.25, 0.3) is 0 Å². The number of aromatic nitrogens is 4. The van der Waals surface area contributed by atoms with Gasteiger partial charge >= 0.3 is 4.34 Å². The molecule has 0 aliphatic rings. The van der Waals surface area contributed by atoms with Crippen molar-refractivity contribution in [3.63, 3.8) is 0 Å². The van der Waals surface area contributed by atoms with Gasteiger partial charge in [0.1, 0.15) is 17.1 Å². The molecule has 0 aliphatic heterocycles. The van der Waals surface area contributed by atoms with Crippen LogP contribution in [0.5, 0.6) is 0 Å². The summed E-state index contributed by atoms with van der Waals surface area (Å²) in [6.07, 6.45) is 4.43. The minimum atomic E-state index is -0.217. The van der Waals surface area contributed by atoms with E-state index in [2.05, 4.69) is 34.2 Å². The lowest BCUT2D eigenvalue weighted by atomic mass is 10.4. The topological polar surface area (TPSA) is 70.0 Å². The van der Waals surface area contributed by atoms with Crippen molar-refractivity contribution in [2.24, 2.45) is 0 Å². The first kappa shape index (κ1) is 20.1. The number of hydrogen-bond acceptors (Lipinski definition) is 9. The van der Waals surface area contributed by atoms with Crippen molar-refractivity contribution >= 4 is 43.4 Å². The summed E-state index contributed by atoms with van der Waals surface area (Å²) in [6.45, 7) is 6.41. The Morgan fingerprint density at radius 1 is 1.08 bits per heavy atom. The van der Waals surface area contributed by atoms with Crippen LogP contribution in [0.1, 0.15) is 44.5 Å². The molecular weight excluding hydrogens is 384 g/mol. The zero-order chi connectivity index (χ0) is 17.0. The Balaban J connectivity index is 1.91. The highest BCUT2D eigenvalue weighted by atomic mass is 33.1. The fraction of sp³-hybridized carbons (Fsp3) is 0.714. The van der Waals surface area contributed by atoms with Gasteiger partial charge in [-0.15, -0.1) is 15.3 Å². The highest BCUT2D eigenvalue weighted by Crippen LogP contribution is 2.35. The van der Waals surface area contributed by atoms with Gasteiger partial charge in [-0.2, -0.15) is 0 Å². The molecule has 0 aliphatic carbocycles. The number of hydrogen-bond donors (Lipinski definition) is 0. The van der Waals surface area contributed by atoms with Gasteiger partial charge in [-0.1, -0.05) is 43.1 Å². The van der Waals surface area contributed by atoms with Gasteiger partial charge in [0.15, 0.2) is 20.7 Å². The van der Waals surface area contributed by atoms with E-state index in [-0.39, 0.29) is 9.93 Å². The lowest BCUT2D eigenvalue weighted by Gasteiger charge is -2.02. The summed E-state index contributed by atoms with van der Waals surface area (Å²) >= 11 is 3.15. The largest absolute Gasteiger partial charge is 0.374 e. The summed E-state index contributed by atoms with van der Waals surface area (Å²) in [5.41, 5.74) is 1.74. The molecule has 10 heteroatoms. The van der Waals surface area contributed by atoms with E-state index in [1.807, 2.05) is 0 Å². The molecule has 0 amide bonds. The summed E-state index contributed by atoms with van der Waals surface area (Å²) in [6, 6.07) is 0. The van der Waals surface area contributed by atoms with E-state index in [9.17, 15) is 0 Å². The van der Waals surface area contributed by atoms with Crippen LogP contribution >= 0.6 is 33.5 Å². The first-order chi connectivity index (χ1) is 11.8. The maximum atomic E-state index is 5.82. The summed E-state index contributed by atoms with van der Waals surface area (Å²) in [4.78, 5) is 0. The molecule has 134 valence electrons. The average molecular weight is 408 g/mol. The second-order valence-electron chi connectivity index (χ2n) is 4.88. The van der Waals surface area contributed by atoms with Gasteiger partial charge in [0, 0.05) is 6.61 Å². The lowest BCUT2D eigenvalue weighted by Crippen LogP contribution is -2.08. The minimum absolute atomic E-state index is 0.217.